The van der Waals surface area contributed by atoms with Gasteiger partial charge in [0, 0.05) is 5.88 Å². The van der Waals surface area contributed by atoms with E-state index in [0.717, 1.165) is 0 Å². The summed E-state index contributed by atoms with van der Waals surface area (Å²) in [5.41, 5.74) is 0. The van der Waals surface area contributed by atoms with Gasteiger partial charge in [-0.15, -0.1) is 11.6 Å². The van der Waals surface area contributed by atoms with Crippen LogP contribution >= 0.6 is 11.6 Å². The monoisotopic (exact) mass is 112 g/mol. The van der Waals surface area contributed by atoms with Crippen molar-refractivity contribution < 1.29 is 9.13 Å². The van der Waals surface area contributed by atoms with E-state index in [2.05, 4.69) is 4.74 Å². The van der Waals surface area contributed by atoms with Crippen LogP contribution in [-0.4, -0.2) is 19.3 Å². The highest BCUT2D eigenvalue weighted by molar-refractivity contribution is 6.17. The Balaban J connectivity index is 2.34. The Hall–Kier alpha value is 0.180. The van der Waals surface area contributed by atoms with Gasteiger partial charge in [-0.3, -0.25) is 0 Å². The molecule has 0 aliphatic rings. The third-order valence-electron chi connectivity index (χ3n) is 0.299. The standard InChI is InChI=1S/C3H6ClFO/c4-1-2-6-3-5/h1-3H2. The summed E-state index contributed by atoms with van der Waals surface area (Å²) in [4.78, 5) is 0. The van der Waals surface area contributed by atoms with Gasteiger partial charge in [-0.1, -0.05) is 0 Å². The van der Waals surface area contributed by atoms with Crippen LogP contribution in [0.4, 0.5) is 4.39 Å². The average Bonchev–Trinajstić information content (AvgIpc) is 1.61. The summed E-state index contributed by atoms with van der Waals surface area (Å²) >= 11 is 5.09. The lowest BCUT2D eigenvalue weighted by Gasteiger charge is -1.87. The van der Waals surface area contributed by atoms with Gasteiger partial charge in [0.25, 0.3) is 0 Å². The molecule has 3 heteroatoms. The molecule has 0 radical (unpaired) electrons. The molecule has 0 saturated carbocycles. The summed E-state index contributed by atoms with van der Waals surface area (Å²) in [5.74, 6) is 0.365. The molecule has 1 nitrogen and oxygen atoms in total. The third kappa shape index (κ3) is 4.18. The number of rotatable bonds is 3. The topological polar surface area (TPSA) is 9.23 Å². The van der Waals surface area contributed by atoms with E-state index >= 15 is 0 Å². The Morgan fingerprint density at radius 2 is 2.33 bits per heavy atom. The first-order chi connectivity index (χ1) is 2.91. The van der Waals surface area contributed by atoms with Crippen LogP contribution in [0.1, 0.15) is 0 Å². The summed E-state index contributed by atoms with van der Waals surface area (Å²) in [6, 6.07) is 0. The second-order valence-corrected chi connectivity index (χ2v) is 1.08. The zero-order chi connectivity index (χ0) is 4.83. The van der Waals surface area contributed by atoms with Crippen LogP contribution in [0.3, 0.4) is 0 Å². The number of hydrogen-bond donors (Lipinski definition) is 0. The highest BCUT2D eigenvalue weighted by Crippen LogP contribution is 1.76. The van der Waals surface area contributed by atoms with E-state index in [1.54, 1.807) is 0 Å². The van der Waals surface area contributed by atoms with Gasteiger partial charge in [-0.05, 0) is 0 Å². The highest BCUT2D eigenvalue weighted by Gasteiger charge is 1.76. The van der Waals surface area contributed by atoms with Gasteiger partial charge in [0.15, 0.2) is 6.86 Å². The first kappa shape index (κ1) is 6.18. The molecule has 0 aliphatic carbocycles. The second-order valence-electron chi connectivity index (χ2n) is 0.706. The number of alkyl halides is 2. The van der Waals surface area contributed by atoms with Crippen molar-refractivity contribution in [3.05, 3.63) is 0 Å². The lowest BCUT2D eigenvalue weighted by atomic mass is 10.9. The molecular weight excluding hydrogens is 106 g/mol. The maximum atomic E-state index is 10.9. The number of hydrogen-bond acceptors (Lipinski definition) is 1. The molecule has 0 aromatic carbocycles. The molecule has 0 atom stereocenters. The number of halogens is 2. The Labute approximate surface area is 41.1 Å². The Kier molecular flexibility index (Phi) is 5.34. The highest BCUT2D eigenvalue weighted by atomic mass is 35.5. The minimum atomic E-state index is -0.729. The smallest absolute Gasteiger partial charge is 0.188 e. The van der Waals surface area contributed by atoms with Crippen molar-refractivity contribution in [1.82, 2.24) is 0 Å². The summed E-state index contributed by atoms with van der Waals surface area (Å²) in [6.45, 7) is -0.426. The minimum absolute atomic E-state index is 0.304. The molecule has 6 heavy (non-hydrogen) atoms. The van der Waals surface area contributed by atoms with E-state index in [1.807, 2.05) is 0 Å². The van der Waals surface area contributed by atoms with Crippen LogP contribution in [-0.2, 0) is 4.74 Å². The SMILES string of the molecule is FCOCCCl. The molecule has 0 bridgehead atoms. The van der Waals surface area contributed by atoms with Crippen LogP contribution in [0.2, 0.25) is 0 Å². The first-order valence-electron chi connectivity index (χ1n) is 1.61. The molecule has 0 heterocycles. The van der Waals surface area contributed by atoms with Crippen LogP contribution in [0.15, 0.2) is 0 Å². The Bertz CT molecular complexity index is 22.8. The zero-order valence-corrected chi connectivity index (χ0v) is 4.04. The number of ether oxygens (including phenoxy) is 1. The molecule has 0 aromatic heterocycles. The van der Waals surface area contributed by atoms with E-state index in [0.29, 0.717) is 12.5 Å². The normalized spacial score (nSPS) is 9.00. The van der Waals surface area contributed by atoms with Crippen molar-refractivity contribution in [3.8, 4) is 0 Å². The molecule has 0 amide bonds. The minimum Gasteiger partial charge on any atom is -0.349 e. The van der Waals surface area contributed by atoms with Crippen LogP contribution in [0, 0.1) is 0 Å². The quantitative estimate of drug-likeness (QED) is 0.393. The zero-order valence-electron chi connectivity index (χ0n) is 3.29. The summed E-state index contributed by atoms with van der Waals surface area (Å²) in [7, 11) is 0. The molecule has 0 spiro atoms. The molecule has 0 fully saturated rings. The maximum absolute atomic E-state index is 10.9. The van der Waals surface area contributed by atoms with E-state index in [4.69, 9.17) is 11.6 Å². The van der Waals surface area contributed by atoms with Gasteiger partial charge in [0.1, 0.15) is 0 Å². The Morgan fingerprint density at radius 1 is 1.67 bits per heavy atom. The second kappa shape index (κ2) is 5.18. The van der Waals surface area contributed by atoms with Crippen LogP contribution in [0.5, 0.6) is 0 Å². The molecule has 0 aliphatic heterocycles. The van der Waals surface area contributed by atoms with E-state index < -0.39 is 6.86 Å². The molecule has 38 valence electrons. The van der Waals surface area contributed by atoms with E-state index in [1.165, 1.54) is 0 Å². The molecule has 0 N–H and O–H groups in total. The van der Waals surface area contributed by atoms with E-state index in [-0.39, 0.29) is 0 Å². The van der Waals surface area contributed by atoms with Crippen molar-refractivity contribution in [2.75, 3.05) is 19.3 Å². The Morgan fingerprint density at radius 3 is 2.50 bits per heavy atom. The molecular formula is C3H6ClFO. The van der Waals surface area contributed by atoms with Gasteiger partial charge in [-0.2, -0.15) is 0 Å². The van der Waals surface area contributed by atoms with E-state index in [9.17, 15) is 4.39 Å². The lowest BCUT2D eigenvalue weighted by Crippen LogP contribution is -1.91. The first-order valence-corrected chi connectivity index (χ1v) is 2.15. The van der Waals surface area contributed by atoms with Crippen molar-refractivity contribution >= 4 is 11.6 Å². The molecule has 0 saturated heterocycles. The van der Waals surface area contributed by atoms with Gasteiger partial charge in [0.2, 0.25) is 0 Å². The summed E-state index contributed by atoms with van der Waals surface area (Å²) in [6.07, 6.45) is 0. The van der Waals surface area contributed by atoms with Crippen LogP contribution < -0.4 is 0 Å². The fourth-order valence-electron chi connectivity index (χ4n) is 0.109. The van der Waals surface area contributed by atoms with Gasteiger partial charge >= 0.3 is 0 Å². The van der Waals surface area contributed by atoms with Crippen molar-refractivity contribution in [1.29, 1.82) is 0 Å². The van der Waals surface area contributed by atoms with Crippen molar-refractivity contribution in [2.45, 2.75) is 0 Å². The van der Waals surface area contributed by atoms with Gasteiger partial charge in [-0.25, -0.2) is 4.39 Å². The predicted octanol–water partition coefficient (Wildman–Crippen LogP) is 1.17. The van der Waals surface area contributed by atoms with Crippen molar-refractivity contribution in [2.24, 2.45) is 0 Å². The van der Waals surface area contributed by atoms with Crippen LogP contribution in [0.25, 0.3) is 0 Å². The van der Waals surface area contributed by atoms with Gasteiger partial charge in [0.05, 0.1) is 6.61 Å². The largest absolute Gasteiger partial charge is 0.349 e. The van der Waals surface area contributed by atoms with Crippen molar-refractivity contribution in [3.63, 3.8) is 0 Å². The summed E-state index contributed by atoms with van der Waals surface area (Å²) < 4.78 is 15.1. The third-order valence-corrected chi connectivity index (χ3v) is 0.453. The molecule has 0 unspecified atom stereocenters. The maximum Gasteiger partial charge on any atom is 0.188 e. The average molecular weight is 113 g/mol. The fourth-order valence-corrected chi connectivity index (χ4v) is 0.218. The predicted molar refractivity (Wildman–Crippen MR) is 22.6 cm³/mol. The molecule has 0 aromatic rings. The summed E-state index contributed by atoms with van der Waals surface area (Å²) in [5, 5.41) is 0. The fraction of sp³-hybridized carbons (Fsp3) is 1.00. The lowest BCUT2D eigenvalue weighted by molar-refractivity contribution is 0.0685. The molecule has 0 rings (SSSR count). The van der Waals surface area contributed by atoms with Gasteiger partial charge < -0.3 is 4.74 Å².